The van der Waals surface area contributed by atoms with Crippen molar-refractivity contribution in [3.05, 3.63) is 136 Å². The molecule has 0 bridgehead atoms. The van der Waals surface area contributed by atoms with E-state index in [-0.39, 0.29) is 17.6 Å². The zero-order valence-corrected chi connectivity index (χ0v) is 21.1. The Morgan fingerprint density at radius 1 is 0.892 bits per heavy atom. The molecule has 0 saturated carbocycles. The van der Waals surface area contributed by atoms with E-state index in [1.807, 2.05) is 73.7 Å². The van der Waals surface area contributed by atoms with E-state index in [0.717, 1.165) is 27.3 Å². The van der Waals surface area contributed by atoms with Gasteiger partial charge in [0.05, 0.1) is 17.1 Å². The molecule has 1 aliphatic heterocycles. The number of fused-ring (bicyclic) bond motifs is 1. The van der Waals surface area contributed by atoms with Crippen LogP contribution in [0.4, 0.5) is 10.1 Å². The highest BCUT2D eigenvalue weighted by Gasteiger charge is 2.29. The van der Waals surface area contributed by atoms with Crippen molar-refractivity contribution >= 4 is 35.3 Å². The molecular weight excluding hydrogens is 483 g/mol. The van der Waals surface area contributed by atoms with E-state index in [1.54, 1.807) is 29.2 Å². The fourth-order valence-electron chi connectivity index (χ4n) is 4.06. The largest absolute Gasteiger partial charge is 0.348 e. The van der Waals surface area contributed by atoms with Crippen molar-refractivity contribution in [1.82, 2.24) is 5.32 Å². The van der Waals surface area contributed by atoms with Crippen LogP contribution in [0.5, 0.6) is 0 Å². The molecule has 1 aliphatic rings. The van der Waals surface area contributed by atoms with Crippen molar-refractivity contribution in [3.63, 3.8) is 0 Å². The third-order valence-electron chi connectivity index (χ3n) is 6.13. The number of hydrogen-bond donors (Lipinski definition) is 1. The molecule has 5 rings (SSSR count). The van der Waals surface area contributed by atoms with Crippen molar-refractivity contribution in [3.8, 4) is 0 Å². The average Bonchev–Trinajstić information content (AvgIpc) is 2.92. The van der Waals surface area contributed by atoms with E-state index in [1.165, 1.54) is 29.5 Å². The molecule has 0 unspecified atom stereocenters. The van der Waals surface area contributed by atoms with Gasteiger partial charge in [0.2, 0.25) is 0 Å². The topological polar surface area (TPSA) is 49.4 Å². The summed E-state index contributed by atoms with van der Waals surface area (Å²) in [4.78, 5) is 29.4. The Balaban J connectivity index is 1.32. The lowest BCUT2D eigenvalue weighted by Crippen LogP contribution is -2.33. The molecule has 1 N–H and O–H groups in total. The lowest BCUT2D eigenvalue weighted by Gasteiger charge is -2.30. The highest BCUT2D eigenvalue weighted by Crippen LogP contribution is 2.42. The lowest BCUT2D eigenvalue weighted by molar-refractivity contribution is -0.114. The Bertz CT molecular complexity index is 1460. The average molecular weight is 509 g/mol. The number of anilines is 1. The van der Waals surface area contributed by atoms with Crippen molar-refractivity contribution in [2.24, 2.45) is 0 Å². The first kappa shape index (κ1) is 24.5. The van der Waals surface area contributed by atoms with Gasteiger partial charge in [-0.25, -0.2) is 4.39 Å². The molecule has 4 nitrogen and oxygen atoms in total. The number of rotatable bonds is 6. The lowest BCUT2D eigenvalue weighted by atomic mass is 10.1. The Hall–Kier alpha value is -4.16. The first-order chi connectivity index (χ1) is 18.0. The quantitative estimate of drug-likeness (QED) is 0.293. The summed E-state index contributed by atoms with van der Waals surface area (Å²) in [5, 5.41) is 2.94. The minimum atomic E-state index is -0.308. The molecule has 6 heteroatoms. The molecule has 1 heterocycles. The number of carbonyl (C=O) groups is 2. The van der Waals surface area contributed by atoms with Crippen LogP contribution in [0.25, 0.3) is 6.08 Å². The van der Waals surface area contributed by atoms with Crippen LogP contribution < -0.4 is 10.2 Å². The third-order valence-corrected chi connectivity index (χ3v) is 7.21. The van der Waals surface area contributed by atoms with Crippen LogP contribution in [0.1, 0.15) is 32.6 Å². The fraction of sp³-hybridized carbons (Fsp3) is 0.0968. The number of hydrogen-bond acceptors (Lipinski definition) is 3. The Morgan fingerprint density at radius 2 is 1.57 bits per heavy atom. The number of benzene rings is 4. The molecule has 37 heavy (non-hydrogen) atoms. The van der Waals surface area contributed by atoms with E-state index in [4.69, 9.17) is 0 Å². The van der Waals surface area contributed by atoms with Crippen LogP contribution in [-0.4, -0.2) is 11.8 Å². The van der Waals surface area contributed by atoms with Gasteiger partial charge >= 0.3 is 0 Å². The Labute approximate surface area is 219 Å². The zero-order valence-electron chi connectivity index (χ0n) is 20.3. The summed E-state index contributed by atoms with van der Waals surface area (Å²) in [6.07, 6.45) is 1.84. The number of aryl methyl sites for hydroxylation is 1. The van der Waals surface area contributed by atoms with Crippen molar-refractivity contribution in [2.75, 3.05) is 4.90 Å². The highest BCUT2D eigenvalue weighted by molar-refractivity contribution is 8.04. The predicted molar refractivity (Wildman–Crippen MR) is 147 cm³/mol. The number of nitrogens with one attached hydrogen (secondary N) is 1. The maximum Gasteiger partial charge on any atom is 0.265 e. The number of nitrogens with zero attached hydrogens (tertiary/aromatic N) is 1. The van der Waals surface area contributed by atoms with Crippen LogP contribution in [-0.2, 0) is 17.9 Å². The van der Waals surface area contributed by atoms with Crippen LogP contribution in [0.2, 0.25) is 0 Å². The second-order valence-electron chi connectivity index (χ2n) is 8.89. The van der Waals surface area contributed by atoms with Gasteiger partial charge in [-0.2, -0.15) is 0 Å². The van der Waals surface area contributed by atoms with Crippen molar-refractivity contribution < 1.29 is 14.0 Å². The fourth-order valence-corrected chi connectivity index (χ4v) is 5.12. The van der Waals surface area contributed by atoms with Gasteiger partial charge in [0.15, 0.2) is 0 Å². The normalized spacial score (nSPS) is 13.9. The molecular formula is C31H25FN2O2S. The molecule has 0 spiro atoms. The second-order valence-corrected chi connectivity index (χ2v) is 9.97. The Kier molecular flexibility index (Phi) is 7.19. The summed E-state index contributed by atoms with van der Waals surface area (Å²) >= 11 is 1.42. The minimum absolute atomic E-state index is 0.118. The van der Waals surface area contributed by atoms with Gasteiger partial charge in [-0.3, -0.25) is 9.59 Å². The van der Waals surface area contributed by atoms with E-state index >= 15 is 0 Å². The first-order valence-corrected chi connectivity index (χ1v) is 12.8. The van der Waals surface area contributed by atoms with Gasteiger partial charge in [-0.1, -0.05) is 78.0 Å². The second kappa shape index (κ2) is 10.8. The minimum Gasteiger partial charge on any atom is -0.348 e. The molecule has 4 aromatic carbocycles. The van der Waals surface area contributed by atoms with Crippen molar-refractivity contribution in [2.45, 2.75) is 24.9 Å². The third kappa shape index (κ3) is 5.81. The van der Waals surface area contributed by atoms with Crippen LogP contribution in [0.15, 0.2) is 107 Å². The number of halogens is 1. The van der Waals surface area contributed by atoms with E-state index in [9.17, 15) is 14.0 Å². The summed E-state index contributed by atoms with van der Waals surface area (Å²) in [7, 11) is 0. The molecule has 0 radical (unpaired) electrons. The van der Waals surface area contributed by atoms with Crippen molar-refractivity contribution in [1.29, 1.82) is 0 Å². The summed E-state index contributed by atoms with van der Waals surface area (Å²) in [5.74, 6) is -0.576. The molecule has 0 fully saturated rings. The summed E-state index contributed by atoms with van der Waals surface area (Å²) < 4.78 is 13.4. The number of thioether (sulfide) groups is 1. The van der Waals surface area contributed by atoms with Gasteiger partial charge < -0.3 is 10.2 Å². The van der Waals surface area contributed by atoms with Crippen LogP contribution in [0.3, 0.4) is 0 Å². The molecule has 2 amide bonds. The molecule has 0 aliphatic carbocycles. The smallest absolute Gasteiger partial charge is 0.265 e. The van der Waals surface area contributed by atoms with Crippen LogP contribution in [0, 0.1) is 12.7 Å². The number of amides is 2. The monoisotopic (exact) mass is 508 g/mol. The Morgan fingerprint density at radius 3 is 2.30 bits per heavy atom. The van der Waals surface area contributed by atoms with Gasteiger partial charge in [0.1, 0.15) is 5.82 Å². The van der Waals surface area contributed by atoms with Gasteiger partial charge in [-0.15, -0.1) is 0 Å². The molecule has 0 atom stereocenters. The van der Waals surface area contributed by atoms with E-state index in [2.05, 4.69) is 5.32 Å². The maximum absolute atomic E-state index is 13.5. The molecule has 0 aromatic heterocycles. The molecule has 4 aromatic rings. The summed E-state index contributed by atoms with van der Waals surface area (Å²) in [6, 6.07) is 29.2. The number of para-hydroxylation sites is 1. The van der Waals surface area contributed by atoms with Gasteiger partial charge in [0.25, 0.3) is 11.8 Å². The first-order valence-electron chi connectivity index (χ1n) is 11.9. The summed E-state index contributed by atoms with van der Waals surface area (Å²) in [5.41, 5.74) is 5.28. The van der Waals surface area contributed by atoms with E-state index < -0.39 is 0 Å². The maximum atomic E-state index is 13.5. The SMILES string of the molecule is Cc1ccc(CNC(=O)c2ccc(C=C3Sc4ccccc4N(Cc4ccc(F)cc4)C3=O)cc2)cc1. The molecule has 0 saturated heterocycles. The molecule has 184 valence electrons. The highest BCUT2D eigenvalue weighted by atomic mass is 32.2. The van der Waals surface area contributed by atoms with Gasteiger partial charge in [0, 0.05) is 17.0 Å². The standard InChI is InChI=1S/C31H25FN2O2S/c1-21-6-8-23(9-7-21)19-33-30(35)25-14-10-22(11-15-25)18-29-31(36)34(20-24-12-16-26(32)17-13-24)27-4-2-3-5-28(27)37-29/h2-18H,19-20H2,1H3,(H,33,35). The van der Waals surface area contributed by atoms with Crippen LogP contribution >= 0.6 is 11.8 Å². The zero-order chi connectivity index (χ0) is 25.8. The summed E-state index contributed by atoms with van der Waals surface area (Å²) in [6.45, 7) is 2.83. The predicted octanol–water partition coefficient (Wildman–Crippen LogP) is 6.74. The van der Waals surface area contributed by atoms with E-state index in [0.29, 0.717) is 23.6 Å². The van der Waals surface area contributed by atoms with Gasteiger partial charge in [-0.05, 0) is 66.1 Å². The number of carbonyl (C=O) groups excluding carboxylic acids is 2.